The second-order valence-electron chi connectivity index (χ2n) is 4.71. The van der Waals surface area contributed by atoms with E-state index in [4.69, 9.17) is 20.1 Å². The number of ether oxygens (including phenoxy) is 1. The Hall–Kier alpha value is -0.980. The fraction of sp³-hybridized carbons (Fsp3) is 0.833. The van der Waals surface area contributed by atoms with Gasteiger partial charge in [0.05, 0.1) is 6.04 Å². The largest absolute Gasteiger partial charge is 0.396 e. The van der Waals surface area contributed by atoms with Crippen molar-refractivity contribution in [3.63, 3.8) is 0 Å². The summed E-state index contributed by atoms with van der Waals surface area (Å²) >= 11 is 0. The molecule has 0 aliphatic heterocycles. The van der Waals surface area contributed by atoms with Gasteiger partial charge < -0.3 is 20.1 Å². The average molecular weight is 255 g/mol. The van der Waals surface area contributed by atoms with Crippen LogP contribution >= 0.6 is 0 Å². The summed E-state index contributed by atoms with van der Waals surface area (Å²) in [5.41, 5.74) is 5.44. The molecule has 1 aromatic rings. The van der Waals surface area contributed by atoms with E-state index in [1.165, 1.54) is 0 Å². The van der Waals surface area contributed by atoms with Gasteiger partial charge in [0.25, 0.3) is 0 Å². The highest BCUT2D eigenvalue weighted by molar-refractivity contribution is 5.05. The molecule has 1 aliphatic carbocycles. The normalized spacial score (nSPS) is 20.2. The van der Waals surface area contributed by atoms with Crippen molar-refractivity contribution in [1.82, 2.24) is 10.1 Å². The number of aromatic nitrogens is 2. The van der Waals surface area contributed by atoms with Crippen molar-refractivity contribution in [1.29, 1.82) is 0 Å². The SMILES string of the molecule is CCOC1(c2noc(C(N)CCO)n2)CCCC1. The molecule has 1 aromatic heterocycles. The minimum Gasteiger partial charge on any atom is -0.396 e. The maximum Gasteiger partial charge on any atom is 0.243 e. The molecule has 0 aromatic carbocycles. The van der Waals surface area contributed by atoms with Crippen LogP contribution in [0.1, 0.15) is 56.8 Å². The summed E-state index contributed by atoms with van der Waals surface area (Å²) in [6, 6.07) is -0.406. The minimum absolute atomic E-state index is 0.00941. The van der Waals surface area contributed by atoms with E-state index >= 15 is 0 Å². The maximum atomic E-state index is 8.86. The molecule has 0 bridgehead atoms. The third-order valence-electron chi connectivity index (χ3n) is 3.44. The first kappa shape index (κ1) is 13.5. The molecule has 1 atom stereocenters. The lowest BCUT2D eigenvalue weighted by molar-refractivity contribution is -0.0469. The molecular formula is C12H21N3O3. The molecule has 0 saturated heterocycles. The lowest BCUT2D eigenvalue weighted by Crippen LogP contribution is -2.28. The Bertz CT molecular complexity index is 374. The number of rotatable bonds is 6. The Kier molecular flexibility index (Phi) is 4.31. The molecule has 0 amide bonds. The predicted octanol–water partition coefficient (Wildman–Crippen LogP) is 1.26. The number of aliphatic hydroxyl groups is 1. The van der Waals surface area contributed by atoms with Gasteiger partial charge in [0.2, 0.25) is 11.7 Å². The van der Waals surface area contributed by atoms with Crippen LogP contribution in [0.3, 0.4) is 0 Å². The van der Waals surface area contributed by atoms with E-state index in [9.17, 15) is 0 Å². The Balaban J connectivity index is 2.16. The van der Waals surface area contributed by atoms with Crippen LogP contribution in [0.5, 0.6) is 0 Å². The standard InChI is InChI=1S/C12H21N3O3/c1-2-17-12(6-3-4-7-12)11-14-10(18-15-11)9(13)5-8-16/h9,16H,2-8,13H2,1H3. The smallest absolute Gasteiger partial charge is 0.243 e. The Morgan fingerprint density at radius 2 is 2.22 bits per heavy atom. The summed E-state index contributed by atoms with van der Waals surface area (Å²) < 4.78 is 11.0. The summed E-state index contributed by atoms with van der Waals surface area (Å²) in [4.78, 5) is 4.36. The molecular weight excluding hydrogens is 234 g/mol. The average Bonchev–Trinajstić information content (AvgIpc) is 2.98. The van der Waals surface area contributed by atoms with Gasteiger partial charge in [-0.3, -0.25) is 0 Å². The zero-order chi connectivity index (χ0) is 13.0. The minimum atomic E-state index is -0.406. The van der Waals surface area contributed by atoms with Crippen LogP contribution in [-0.4, -0.2) is 28.5 Å². The highest BCUT2D eigenvalue weighted by Gasteiger charge is 2.41. The van der Waals surface area contributed by atoms with Gasteiger partial charge in [-0.1, -0.05) is 5.16 Å². The number of nitrogens with zero attached hydrogens (tertiary/aromatic N) is 2. The van der Waals surface area contributed by atoms with Gasteiger partial charge in [-0.25, -0.2) is 0 Å². The Labute approximate surface area is 107 Å². The first-order valence-corrected chi connectivity index (χ1v) is 6.56. The van der Waals surface area contributed by atoms with E-state index in [0.717, 1.165) is 25.7 Å². The summed E-state index contributed by atoms with van der Waals surface area (Å²) in [5.74, 6) is 0.982. The molecule has 1 heterocycles. The van der Waals surface area contributed by atoms with Gasteiger partial charge in [0.1, 0.15) is 5.60 Å². The predicted molar refractivity (Wildman–Crippen MR) is 64.7 cm³/mol. The zero-order valence-electron chi connectivity index (χ0n) is 10.8. The lowest BCUT2D eigenvalue weighted by Gasteiger charge is -2.24. The van der Waals surface area contributed by atoms with Crippen LogP contribution in [0.15, 0.2) is 4.52 Å². The first-order chi connectivity index (χ1) is 8.72. The molecule has 0 spiro atoms. The van der Waals surface area contributed by atoms with Gasteiger partial charge in [-0.05, 0) is 39.0 Å². The monoisotopic (exact) mass is 255 g/mol. The van der Waals surface area contributed by atoms with E-state index in [2.05, 4.69) is 10.1 Å². The quantitative estimate of drug-likeness (QED) is 0.794. The van der Waals surface area contributed by atoms with Crippen molar-refractivity contribution in [2.24, 2.45) is 5.73 Å². The van der Waals surface area contributed by atoms with Gasteiger partial charge in [0, 0.05) is 13.2 Å². The summed E-state index contributed by atoms with van der Waals surface area (Å²) in [5, 5.41) is 12.9. The van der Waals surface area contributed by atoms with E-state index in [-0.39, 0.29) is 6.61 Å². The van der Waals surface area contributed by atoms with Gasteiger partial charge in [-0.15, -0.1) is 0 Å². The van der Waals surface area contributed by atoms with Crippen molar-refractivity contribution < 1.29 is 14.4 Å². The van der Waals surface area contributed by atoms with E-state index in [1.54, 1.807) is 0 Å². The molecule has 18 heavy (non-hydrogen) atoms. The molecule has 1 unspecified atom stereocenters. The van der Waals surface area contributed by atoms with Crippen LogP contribution in [0.25, 0.3) is 0 Å². The third-order valence-corrected chi connectivity index (χ3v) is 3.44. The highest BCUT2D eigenvalue weighted by Crippen LogP contribution is 2.40. The second-order valence-corrected chi connectivity index (χ2v) is 4.71. The second kappa shape index (κ2) is 5.77. The van der Waals surface area contributed by atoms with Crippen molar-refractivity contribution in [3.05, 3.63) is 11.7 Å². The molecule has 102 valence electrons. The van der Waals surface area contributed by atoms with Gasteiger partial charge >= 0.3 is 0 Å². The van der Waals surface area contributed by atoms with Crippen molar-refractivity contribution in [2.45, 2.75) is 50.7 Å². The first-order valence-electron chi connectivity index (χ1n) is 6.56. The molecule has 1 saturated carbocycles. The number of hydrogen-bond donors (Lipinski definition) is 2. The van der Waals surface area contributed by atoms with Crippen LogP contribution in [0.4, 0.5) is 0 Å². The fourth-order valence-electron chi connectivity index (χ4n) is 2.49. The molecule has 0 radical (unpaired) electrons. The lowest BCUT2D eigenvalue weighted by atomic mass is 10.0. The summed E-state index contributed by atoms with van der Waals surface area (Å²) in [6.07, 6.45) is 4.51. The highest BCUT2D eigenvalue weighted by atomic mass is 16.5. The molecule has 1 aliphatic rings. The Morgan fingerprint density at radius 1 is 1.50 bits per heavy atom. The van der Waals surface area contributed by atoms with Crippen LogP contribution in [-0.2, 0) is 10.3 Å². The van der Waals surface area contributed by atoms with E-state index < -0.39 is 11.6 Å². The van der Waals surface area contributed by atoms with Crippen molar-refractivity contribution >= 4 is 0 Å². The van der Waals surface area contributed by atoms with Gasteiger partial charge in [-0.2, -0.15) is 4.98 Å². The fourth-order valence-corrected chi connectivity index (χ4v) is 2.49. The number of hydrogen-bond acceptors (Lipinski definition) is 6. The zero-order valence-corrected chi connectivity index (χ0v) is 10.8. The maximum absolute atomic E-state index is 8.86. The number of aliphatic hydroxyl groups excluding tert-OH is 1. The van der Waals surface area contributed by atoms with Crippen LogP contribution < -0.4 is 5.73 Å². The third kappa shape index (κ3) is 2.55. The molecule has 6 heteroatoms. The summed E-state index contributed by atoms with van der Waals surface area (Å²) in [7, 11) is 0. The molecule has 2 rings (SSSR count). The van der Waals surface area contributed by atoms with E-state index in [0.29, 0.717) is 24.7 Å². The topological polar surface area (TPSA) is 94.4 Å². The van der Waals surface area contributed by atoms with Crippen molar-refractivity contribution in [2.75, 3.05) is 13.2 Å². The molecule has 6 nitrogen and oxygen atoms in total. The number of nitrogens with two attached hydrogens (primary N) is 1. The van der Waals surface area contributed by atoms with Crippen molar-refractivity contribution in [3.8, 4) is 0 Å². The van der Waals surface area contributed by atoms with E-state index in [1.807, 2.05) is 6.92 Å². The Morgan fingerprint density at radius 3 is 2.83 bits per heavy atom. The van der Waals surface area contributed by atoms with Crippen LogP contribution in [0, 0.1) is 0 Å². The molecule has 1 fully saturated rings. The van der Waals surface area contributed by atoms with Crippen LogP contribution in [0.2, 0.25) is 0 Å². The molecule has 3 N–H and O–H groups in total. The summed E-state index contributed by atoms with van der Waals surface area (Å²) in [6.45, 7) is 2.61. The van der Waals surface area contributed by atoms with Gasteiger partial charge in [0.15, 0.2) is 0 Å².